The first-order valence-corrected chi connectivity index (χ1v) is 2.17. The number of carboxylic acids is 1. The summed E-state index contributed by atoms with van der Waals surface area (Å²) in [5, 5.41) is 7.42. The number of aliphatic carboxylic acids is 1. The lowest BCUT2D eigenvalue weighted by molar-refractivity contribution is -0.382. The van der Waals surface area contributed by atoms with Crippen LogP contribution >= 0.6 is 0 Å². The summed E-state index contributed by atoms with van der Waals surface area (Å²) < 4.78 is 0. The zero-order valence-electron chi connectivity index (χ0n) is 4.59. The Morgan fingerprint density at radius 3 is 1.62 bits per heavy atom. The van der Waals surface area contributed by atoms with Gasteiger partial charge in [0.2, 0.25) is 0 Å². The summed E-state index contributed by atoms with van der Waals surface area (Å²) in [5.74, 6) is -0.833. The molecule has 8 heavy (non-hydrogen) atoms. The van der Waals surface area contributed by atoms with E-state index in [2.05, 4.69) is 9.78 Å². The van der Waals surface area contributed by atoms with Crippen molar-refractivity contribution in [2.45, 2.75) is 6.92 Å². The Morgan fingerprint density at radius 2 is 1.62 bits per heavy atom. The summed E-state index contributed by atoms with van der Waals surface area (Å²) in [5.41, 5.74) is 0. The summed E-state index contributed by atoms with van der Waals surface area (Å²) in [6.07, 6.45) is 0. The first-order valence-electron chi connectivity index (χ1n) is 2.17. The molecule has 1 saturated heterocycles. The third kappa shape index (κ3) is 9.04. The Balaban J connectivity index is 0.000000122. The van der Waals surface area contributed by atoms with Crippen molar-refractivity contribution in [3.8, 4) is 0 Å². The molecule has 0 atom stereocenters. The molecule has 0 radical (unpaired) electrons. The van der Waals surface area contributed by atoms with E-state index >= 15 is 0 Å². The van der Waals surface area contributed by atoms with Crippen LogP contribution in [0, 0.1) is 0 Å². The smallest absolute Gasteiger partial charge is 0.300 e. The van der Waals surface area contributed by atoms with Gasteiger partial charge in [-0.2, -0.15) is 0 Å². The fraction of sp³-hybridized carbons (Fsp3) is 0.750. The molecule has 0 amide bonds. The minimum Gasteiger partial charge on any atom is -0.481 e. The molecule has 1 fully saturated rings. The van der Waals surface area contributed by atoms with Crippen molar-refractivity contribution in [2.75, 3.05) is 13.2 Å². The molecule has 1 N–H and O–H groups in total. The molecule has 1 rings (SSSR count). The van der Waals surface area contributed by atoms with Crippen molar-refractivity contribution in [1.82, 2.24) is 0 Å². The van der Waals surface area contributed by atoms with E-state index in [1.165, 1.54) is 0 Å². The molecule has 0 aromatic heterocycles. The van der Waals surface area contributed by atoms with Gasteiger partial charge in [-0.3, -0.25) is 4.79 Å². The summed E-state index contributed by atoms with van der Waals surface area (Å²) in [6.45, 7) is 2.64. The summed E-state index contributed by atoms with van der Waals surface area (Å²) >= 11 is 0. The van der Waals surface area contributed by atoms with Gasteiger partial charge in [-0.25, -0.2) is 9.78 Å². The van der Waals surface area contributed by atoms with Crippen molar-refractivity contribution in [3.05, 3.63) is 0 Å². The summed E-state index contributed by atoms with van der Waals surface area (Å²) in [7, 11) is 0. The van der Waals surface area contributed by atoms with Gasteiger partial charge in [0.1, 0.15) is 13.2 Å². The van der Waals surface area contributed by atoms with Crippen LogP contribution in [-0.2, 0) is 14.6 Å². The maximum atomic E-state index is 9.00. The second-order valence-corrected chi connectivity index (χ2v) is 1.16. The zero-order valence-corrected chi connectivity index (χ0v) is 4.59. The number of hydrogen-bond donors (Lipinski definition) is 1. The Bertz CT molecular complexity index is 58.4. The number of rotatable bonds is 0. The van der Waals surface area contributed by atoms with E-state index in [9.17, 15) is 0 Å². The summed E-state index contributed by atoms with van der Waals surface area (Å²) in [6, 6.07) is 0. The maximum absolute atomic E-state index is 9.00. The van der Waals surface area contributed by atoms with Crippen LogP contribution in [0.2, 0.25) is 0 Å². The van der Waals surface area contributed by atoms with Crippen LogP contribution in [0.1, 0.15) is 6.92 Å². The summed E-state index contributed by atoms with van der Waals surface area (Å²) in [4.78, 5) is 17.4. The van der Waals surface area contributed by atoms with Crippen LogP contribution in [0.25, 0.3) is 0 Å². The van der Waals surface area contributed by atoms with E-state index in [1.807, 2.05) is 0 Å². The van der Waals surface area contributed by atoms with Gasteiger partial charge in [-0.1, -0.05) is 0 Å². The largest absolute Gasteiger partial charge is 0.481 e. The molecule has 0 bridgehead atoms. The van der Waals surface area contributed by atoms with Crippen LogP contribution in [0.5, 0.6) is 0 Å². The lowest BCUT2D eigenvalue weighted by Crippen LogP contribution is -2.14. The van der Waals surface area contributed by atoms with Gasteiger partial charge in [0.05, 0.1) is 0 Å². The van der Waals surface area contributed by atoms with Gasteiger partial charge < -0.3 is 5.11 Å². The molecule has 0 spiro atoms. The average Bonchev–Trinajstić information content (AvgIpc) is 1.19. The highest BCUT2D eigenvalue weighted by atomic mass is 17.2. The van der Waals surface area contributed by atoms with Crippen LogP contribution < -0.4 is 0 Å². The molecular weight excluding hydrogens is 112 g/mol. The van der Waals surface area contributed by atoms with Gasteiger partial charge in [0.25, 0.3) is 5.97 Å². The van der Waals surface area contributed by atoms with Gasteiger partial charge in [-0.05, 0) is 0 Å². The highest BCUT2D eigenvalue weighted by Gasteiger charge is 1.95. The second kappa shape index (κ2) is 4.55. The Morgan fingerprint density at radius 1 is 1.50 bits per heavy atom. The predicted octanol–water partition coefficient (Wildman–Crippen LogP) is 0.0391. The molecule has 0 unspecified atom stereocenters. The van der Waals surface area contributed by atoms with E-state index < -0.39 is 5.97 Å². The Kier molecular flexibility index (Phi) is 4.20. The standard InChI is InChI=1S/2C2H4O2/c1-2-4-3-1;1-2(3)4/h1-2H2;1H3,(H,3,4). The van der Waals surface area contributed by atoms with E-state index in [1.54, 1.807) is 0 Å². The van der Waals surface area contributed by atoms with Crippen molar-refractivity contribution >= 4 is 5.97 Å². The van der Waals surface area contributed by atoms with E-state index in [-0.39, 0.29) is 0 Å². The molecule has 0 aromatic rings. The number of carboxylic acid groups (broad SMARTS) is 1. The van der Waals surface area contributed by atoms with Crippen LogP contribution in [-0.4, -0.2) is 24.3 Å². The topological polar surface area (TPSA) is 55.8 Å². The Hall–Kier alpha value is -0.610. The monoisotopic (exact) mass is 120 g/mol. The van der Waals surface area contributed by atoms with Crippen molar-refractivity contribution in [1.29, 1.82) is 0 Å². The van der Waals surface area contributed by atoms with Crippen LogP contribution in [0.3, 0.4) is 0 Å². The van der Waals surface area contributed by atoms with Crippen molar-refractivity contribution < 1.29 is 19.7 Å². The highest BCUT2D eigenvalue weighted by Crippen LogP contribution is 1.87. The predicted molar refractivity (Wildman–Crippen MR) is 25.2 cm³/mol. The molecular formula is C4H8O4. The molecule has 0 saturated carbocycles. The molecule has 0 aromatic carbocycles. The first-order chi connectivity index (χ1) is 3.73. The molecule has 4 heteroatoms. The lowest BCUT2D eigenvalue weighted by Gasteiger charge is -2.08. The van der Waals surface area contributed by atoms with Gasteiger partial charge >= 0.3 is 0 Å². The van der Waals surface area contributed by atoms with E-state index in [4.69, 9.17) is 9.90 Å². The van der Waals surface area contributed by atoms with Crippen molar-refractivity contribution in [2.24, 2.45) is 0 Å². The van der Waals surface area contributed by atoms with Crippen LogP contribution in [0.15, 0.2) is 0 Å². The molecule has 4 nitrogen and oxygen atoms in total. The minimum atomic E-state index is -0.833. The minimum absolute atomic E-state index is 0.778. The van der Waals surface area contributed by atoms with Crippen LogP contribution in [0.4, 0.5) is 0 Å². The third-order valence-corrected chi connectivity index (χ3v) is 0.333. The lowest BCUT2D eigenvalue weighted by atomic mass is 10.8. The molecule has 1 heterocycles. The van der Waals surface area contributed by atoms with Crippen molar-refractivity contribution in [3.63, 3.8) is 0 Å². The molecule has 1 aliphatic heterocycles. The number of hydrogen-bond acceptors (Lipinski definition) is 3. The van der Waals surface area contributed by atoms with E-state index in [0.717, 1.165) is 20.1 Å². The average molecular weight is 120 g/mol. The zero-order chi connectivity index (χ0) is 6.41. The molecule has 0 aliphatic carbocycles. The maximum Gasteiger partial charge on any atom is 0.300 e. The Labute approximate surface area is 46.9 Å². The first kappa shape index (κ1) is 7.39. The SMILES string of the molecule is C1COO1.CC(=O)O. The van der Waals surface area contributed by atoms with Gasteiger partial charge in [0, 0.05) is 6.92 Å². The fourth-order valence-corrected chi connectivity index (χ4v) is 0.0833. The normalized spacial score (nSPS) is 15.1. The fourth-order valence-electron chi connectivity index (χ4n) is 0.0833. The third-order valence-electron chi connectivity index (χ3n) is 0.333. The highest BCUT2D eigenvalue weighted by molar-refractivity contribution is 5.62. The number of carbonyl (C=O) groups is 1. The van der Waals surface area contributed by atoms with Gasteiger partial charge in [0.15, 0.2) is 0 Å². The second-order valence-electron chi connectivity index (χ2n) is 1.16. The molecule has 48 valence electrons. The van der Waals surface area contributed by atoms with E-state index in [0.29, 0.717) is 0 Å². The molecule has 1 aliphatic rings. The quantitative estimate of drug-likeness (QED) is 0.458. The van der Waals surface area contributed by atoms with Gasteiger partial charge in [-0.15, -0.1) is 0 Å².